The van der Waals surface area contributed by atoms with E-state index in [9.17, 15) is 13.9 Å². The van der Waals surface area contributed by atoms with Crippen LogP contribution in [0.4, 0.5) is 8.78 Å². The third kappa shape index (κ3) is 2.27. The fourth-order valence-corrected chi connectivity index (χ4v) is 2.61. The first-order valence-electron chi connectivity index (χ1n) is 6.45. The molecule has 0 amide bonds. The molecule has 0 saturated carbocycles. The van der Waals surface area contributed by atoms with Gasteiger partial charge in [0.1, 0.15) is 23.5 Å². The van der Waals surface area contributed by atoms with Gasteiger partial charge < -0.3 is 9.84 Å². The average molecular weight is 276 g/mol. The minimum Gasteiger partial charge on any atom is -0.485 e. The molecule has 0 aromatic heterocycles. The lowest BCUT2D eigenvalue weighted by Gasteiger charge is -2.30. The molecule has 3 rings (SSSR count). The molecule has 1 heterocycles. The second-order valence-corrected chi connectivity index (χ2v) is 5.04. The van der Waals surface area contributed by atoms with Gasteiger partial charge in [-0.05, 0) is 48.4 Å². The van der Waals surface area contributed by atoms with Crippen LogP contribution in [0.25, 0.3) is 0 Å². The topological polar surface area (TPSA) is 29.5 Å². The van der Waals surface area contributed by atoms with Gasteiger partial charge in [-0.25, -0.2) is 8.78 Å². The minimum atomic E-state index is -0.788. The fraction of sp³-hybridized carbons (Fsp3) is 0.250. The van der Waals surface area contributed by atoms with E-state index in [1.165, 1.54) is 30.3 Å². The maximum Gasteiger partial charge on any atom is 0.127 e. The van der Waals surface area contributed by atoms with Crippen molar-refractivity contribution in [2.45, 2.75) is 25.6 Å². The van der Waals surface area contributed by atoms with Crippen molar-refractivity contribution in [3.8, 4) is 5.75 Å². The van der Waals surface area contributed by atoms with Crippen molar-refractivity contribution in [3.05, 3.63) is 64.7 Å². The molecule has 2 aromatic carbocycles. The Bertz CT molecular complexity index is 655. The molecule has 0 aliphatic carbocycles. The lowest BCUT2D eigenvalue weighted by molar-refractivity contribution is 0.0650. The normalized spacial score (nSPS) is 21.2. The van der Waals surface area contributed by atoms with Crippen LogP contribution in [0.15, 0.2) is 36.4 Å². The first-order valence-corrected chi connectivity index (χ1v) is 6.45. The van der Waals surface area contributed by atoms with Gasteiger partial charge in [-0.3, -0.25) is 0 Å². The number of benzene rings is 2. The summed E-state index contributed by atoms with van der Waals surface area (Å²) in [4.78, 5) is 0. The van der Waals surface area contributed by atoms with Gasteiger partial charge in [0.15, 0.2) is 0 Å². The summed E-state index contributed by atoms with van der Waals surface area (Å²) in [7, 11) is 0. The summed E-state index contributed by atoms with van der Waals surface area (Å²) >= 11 is 0. The van der Waals surface area contributed by atoms with Gasteiger partial charge in [0.2, 0.25) is 0 Å². The van der Waals surface area contributed by atoms with Crippen molar-refractivity contribution < 1.29 is 18.6 Å². The average Bonchev–Trinajstić information content (AvgIpc) is 2.39. The number of hydrogen-bond acceptors (Lipinski definition) is 2. The predicted octanol–water partition coefficient (Wildman–Crippen LogP) is 3.83. The van der Waals surface area contributed by atoms with Crippen molar-refractivity contribution in [1.29, 1.82) is 0 Å². The Kier molecular flexibility index (Phi) is 3.18. The van der Waals surface area contributed by atoms with E-state index in [1.54, 1.807) is 13.0 Å². The summed E-state index contributed by atoms with van der Waals surface area (Å²) in [6, 6.07) is 8.57. The van der Waals surface area contributed by atoms with Crippen LogP contribution in [-0.4, -0.2) is 5.11 Å². The molecule has 2 nitrogen and oxygen atoms in total. The zero-order chi connectivity index (χ0) is 14.3. The van der Waals surface area contributed by atoms with Crippen LogP contribution in [0.3, 0.4) is 0 Å². The summed E-state index contributed by atoms with van der Waals surface area (Å²) in [5, 5.41) is 10.1. The number of aliphatic hydroxyl groups excluding tert-OH is 1. The first kappa shape index (κ1) is 13.1. The molecule has 20 heavy (non-hydrogen) atoms. The van der Waals surface area contributed by atoms with E-state index in [1.807, 2.05) is 0 Å². The van der Waals surface area contributed by atoms with Gasteiger partial charge in [0, 0.05) is 12.0 Å². The molecular formula is C16H14F2O2. The van der Waals surface area contributed by atoms with Gasteiger partial charge in [0.05, 0.1) is 6.10 Å². The highest BCUT2D eigenvalue weighted by atomic mass is 19.1. The molecule has 1 aliphatic heterocycles. The molecule has 1 unspecified atom stereocenters. The van der Waals surface area contributed by atoms with Crippen molar-refractivity contribution in [2.75, 3.05) is 0 Å². The van der Waals surface area contributed by atoms with Gasteiger partial charge in [-0.1, -0.05) is 6.07 Å². The molecule has 4 heteroatoms. The van der Waals surface area contributed by atoms with Crippen LogP contribution in [0.1, 0.15) is 35.3 Å². The number of rotatable bonds is 1. The zero-order valence-corrected chi connectivity index (χ0v) is 10.9. The van der Waals surface area contributed by atoms with E-state index in [0.29, 0.717) is 17.7 Å². The second-order valence-electron chi connectivity index (χ2n) is 5.04. The Balaban J connectivity index is 1.97. The largest absolute Gasteiger partial charge is 0.485 e. The Hall–Kier alpha value is -1.94. The van der Waals surface area contributed by atoms with E-state index in [4.69, 9.17) is 4.74 Å². The van der Waals surface area contributed by atoms with Crippen LogP contribution in [0.2, 0.25) is 0 Å². The molecule has 0 saturated heterocycles. The van der Waals surface area contributed by atoms with Crippen LogP contribution in [0, 0.1) is 18.6 Å². The maximum absolute atomic E-state index is 13.2. The monoisotopic (exact) mass is 276 g/mol. The minimum absolute atomic E-state index is 0.301. The summed E-state index contributed by atoms with van der Waals surface area (Å²) < 4.78 is 32.1. The van der Waals surface area contributed by atoms with E-state index in [-0.39, 0.29) is 11.9 Å². The SMILES string of the molecule is Cc1cc(F)ccc1C1C[C@@H](O)c2cc(F)ccc2O1. The van der Waals surface area contributed by atoms with Crippen LogP contribution >= 0.6 is 0 Å². The number of fused-ring (bicyclic) bond motifs is 1. The van der Waals surface area contributed by atoms with Crippen molar-refractivity contribution in [2.24, 2.45) is 0 Å². The standard InChI is InChI=1S/C16H14F2O2/c1-9-6-10(17)2-4-12(9)16-8-14(19)13-7-11(18)3-5-15(13)20-16/h2-7,14,16,19H,8H2,1H3/t14-,16?/m1/s1. The number of aryl methyl sites for hydroxylation is 1. The van der Waals surface area contributed by atoms with Gasteiger partial charge in [0.25, 0.3) is 0 Å². The third-order valence-corrected chi connectivity index (χ3v) is 3.62. The highest BCUT2D eigenvalue weighted by Crippen LogP contribution is 2.41. The van der Waals surface area contributed by atoms with E-state index >= 15 is 0 Å². The molecule has 0 spiro atoms. The number of ether oxygens (including phenoxy) is 1. The first-order chi connectivity index (χ1) is 9.54. The lowest BCUT2D eigenvalue weighted by atomic mass is 9.93. The van der Waals surface area contributed by atoms with Crippen LogP contribution in [0.5, 0.6) is 5.75 Å². The van der Waals surface area contributed by atoms with Gasteiger partial charge in [-0.15, -0.1) is 0 Å². The fourth-order valence-electron chi connectivity index (χ4n) is 2.61. The Labute approximate surface area is 115 Å². The summed E-state index contributed by atoms with van der Waals surface area (Å²) in [6.07, 6.45) is -0.824. The van der Waals surface area contributed by atoms with Crippen LogP contribution < -0.4 is 4.74 Å². The highest BCUT2D eigenvalue weighted by molar-refractivity contribution is 5.40. The number of hydrogen-bond donors (Lipinski definition) is 1. The lowest BCUT2D eigenvalue weighted by Crippen LogP contribution is -2.20. The Morgan fingerprint density at radius 2 is 1.75 bits per heavy atom. The quantitative estimate of drug-likeness (QED) is 0.857. The smallest absolute Gasteiger partial charge is 0.127 e. The zero-order valence-electron chi connectivity index (χ0n) is 10.9. The predicted molar refractivity (Wildman–Crippen MR) is 70.5 cm³/mol. The van der Waals surface area contributed by atoms with E-state index in [2.05, 4.69) is 0 Å². The maximum atomic E-state index is 13.2. The summed E-state index contributed by atoms with van der Waals surface area (Å²) in [6.45, 7) is 1.80. The molecule has 0 fully saturated rings. The molecule has 104 valence electrons. The van der Waals surface area contributed by atoms with Crippen molar-refractivity contribution in [1.82, 2.24) is 0 Å². The number of aliphatic hydroxyl groups is 1. The Morgan fingerprint density at radius 1 is 1.05 bits per heavy atom. The summed E-state index contributed by atoms with van der Waals surface area (Å²) in [5.41, 5.74) is 2.06. The molecular weight excluding hydrogens is 262 g/mol. The molecule has 1 N–H and O–H groups in total. The van der Waals surface area contributed by atoms with Gasteiger partial charge >= 0.3 is 0 Å². The Morgan fingerprint density at radius 3 is 2.50 bits per heavy atom. The molecule has 2 aromatic rings. The second kappa shape index (κ2) is 4.87. The molecule has 0 bridgehead atoms. The highest BCUT2D eigenvalue weighted by Gasteiger charge is 2.29. The molecule has 1 aliphatic rings. The number of halogens is 2. The molecule has 0 radical (unpaired) electrons. The third-order valence-electron chi connectivity index (χ3n) is 3.62. The summed E-state index contributed by atoms with van der Waals surface area (Å²) in [5.74, 6) is -0.230. The van der Waals surface area contributed by atoms with E-state index in [0.717, 1.165) is 11.1 Å². The van der Waals surface area contributed by atoms with Crippen molar-refractivity contribution in [3.63, 3.8) is 0 Å². The van der Waals surface area contributed by atoms with Crippen LogP contribution in [-0.2, 0) is 0 Å². The van der Waals surface area contributed by atoms with E-state index < -0.39 is 11.9 Å². The molecule has 2 atom stereocenters. The van der Waals surface area contributed by atoms with Crippen molar-refractivity contribution >= 4 is 0 Å². The van der Waals surface area contributed by atoms with Gasteiger partial charge in [-0.2, -0.15) is 0 Å².